The Morgan fingerprint density at radius 3 is 2.78 bits per heavy atom. The maximum Gasteiger partial charge on any atom is 0.236 e. The molecule has 0 bridgehead atoms. The second-order valence-electron chi connectivity index (χ2n) is 5.03. The van der Waals surface area contributed by atoms with Gasteiger partial charge in [0.15, 0.2) is 0 Å². The molecule has 0 radical (unpaired) electrons. The van der Waals surface area contributed by atoms with Gasteiger partial charge in [-0.1, -0.05) is 12.8 Å². The maximum absolute atomic E-state index is 12.1. The molecule has 0 unspecified atom stereocenters. The first-order chi connectivity index (χ1) is 8.66. The van der Waals surface area contributed by atoms with Crippen molar-refractivity contribution in [3.05, 3.63) is 16.6 Å². The molecular formula is C13H21N3OS. The molecule has 1 aromatic heterocycles. The van der Waals surface area contributed by atoms with Crippen LogP contribution in [0.15, 0.2) is 11.6 Å². The predicted octanol–water partition coefficient (Wildman–Crippen LogP) is 1.98. The van der Waals surface area contributed by atoms with Crippen LogP contribution in [0, 0.1) is 0 Å². The van der Waals surface area contributed by atoms with Crippen LogP contribution in [0.2, 0.25) is 0 Å². The highest BCUT2D eigenvalue weighted by molar-refractivity contribution is 7.09. The van der Waals surface area contributed by atoms with Crippen molar-refractivity contribution in [2.75, 3.05) is 20.6 Å². The summed E-state index contributed by atoms with van der Waals surface area (Å²) in [7, 11) is 3.91. The molecule has 1 fully saturated rings. The molecule has 4 nitrogen and oxygen atoms in total. The lowest BCUT2D eigenvalue weighted by Crippen LogP contribution is -2.40. The molecule has 2 rings (SSSR count). The van der Waals surface area contributed by atoms with Gasteiger partial charge in [0.2, 0.25) is 5.91 Å². The summed E-state index contributed by atoms with van der Waals surface area (Å²) in [4.78, 5) is 20.3. The standard InChI is InChI=1S/C13H21N3OS/c1-15(11-5-3-4-6-11)10-13(17)16(2)9-12-14-7-8-18-12/h7-8,11H,3-6,9-10H2,1-2H3. The van der Waals surface area contributed by atoms with Crippen LogP contribution in [-0.4, -0.2) is 47.4 Å². The van der Waals surface area contributed by atoms with Gasteiger partial charge in [-0.2, -0.15) is 0 Å². The molecule has 0 spiro atoms. The van der Waals surface area contributed by atoms with Crippen molar-refractivity contribution >= 4 is 17.2 Å². The summed E-state index contributed by atoms with van der Waals surface area (Å²) in [6.07, 6.45) is 6.86. The zero-order valence-electron chi connectivity index (χ0n) is 11.1. The molecule has 1 amide bonds. The van der Waals surface area contributed by atoms with E-state index in [1.807, 2.05) is 12.4 Å². The Hall–Kier alpha value is -0.940. The van der Waals surface area contributed by atoms with Crippen molar-refractivity contribution in [2.24, 2.45) is 0 Å². The lowest BCUT2D eigenvalue weighted by Gasteiger charge is -2.25. The van der Waals surface area contributed by atoms with Gasteiger partial charge < -0.3 is 4.90 Å². The Balaban J connectivity index is 1.79. The monoisotopic (exact) mass is 267 g/mol. The van der Waals surface area contributed by atoms with Crippen molar-refractivity contribution in [3.8, 4) is 0 Å². The Kier molecular flexibility index (Phi) is 4.72. The fraction of sp³-hybridized carbons (Fsp3) is 0.692. The Morgan fingerprint density at radius 1 is 1.44 bits per heavy atom. The normalized spacial score (nSPS) is 16.4. The van der Waals surface area contributed by atoms with E-state index in [0.717, 1.165) is 5.01 Å². The van der Waals surface area contributed by atoms with Gasteiger partial charge in [0.1, 0.15) is 5.01 Å². The summed E-state index contributed by atoms with van der Waals surface area (Å²) in [5.41, 5.74) is 0. The number of hydrogen-bond acceptors (Lipinski definition) is 4. The van der Waals surface area contributed by atoms with Crippen molar-refractivity contribution in [1.82, 2.24) is 14.8 Å². The largest absolute Gasteiger partial charge is 0.338 e. The van der Waals surface area contributed by atoms with E-state index in [1.54, 1.807) is 22.4 Å². The number of likely N-dealkylation sites (N-methyl/N-ethyl adjacent to an activating group) is 2. The summed E-state index contributed by atoms with van der Waals surface area (Å²) in [5.74, 6) is 0.180. The zero-order valence-corrected chi connectivity index (χ0v) is 11.9. The van der Waals surface area contributed by atoms with E-state index in [9.17, 15) is 4.79 Å². The number of amides is 1. The molecule has 1 aliphatic rings. The fourth-order valence-corrected chi connectivity index (χ4v) is 3.10. The van der Waals surface area contributed by atoms with E-state index in [4.69, 9.17) is 0 Å². The Morgan fingerprint density at radius 2 is 2.17 bits per heavy atom. The number of nitrogens with zero attached hydrogens (tertiary/aromatic N) is 3. The molecule has 1 aliphatic carbocycles. The number of carbonyl (C=O) groups is 1. The van der Waals surface area contributed by atoms with Crippen LogP contribution in [-0.2, 0) is 11.3 Å². The average molecular weight is 267 g/mol. The summed E-state index contributed by atoms with van der Waals surface area (Å²) < 4.78 is 0. The van der Waals surface area contributed by atoms with Gasteiger partial charge in [-0.15, -0.1) is 11.3 Å². The summed E-state index contributed by atoms with van der Waals surface area (Å²) >= 11 is 1.59. The minimum Gasteiger partial charge on any atom is -0.338 e. The minimum absolute atomic E-state index is 0.180. The van der Waals surface area contributed by atoms with E-state index in [2.05, 4.69) is 16.9 Å². The van der Waals surface area contributed by atoms with E-state index >= 15 is 0 Å². The predicted molar refractivity (Wildman–Crippen MR) is 73.5 cm³/mol. The van der Waals surface area contributed by atoms with Crippen LogP contribution in [0.5, 0.6) is 0 Å². The topological polar surface area (TPSA) is 36.4 Å². The highest BCUT2D eigenvalue weighted by Gasteiger charge is 2.22. The van der Waals surface area contributed by atoms with Gasteiger partial charge in [0, 0.05) is 24.7 Å². The van der Waals surface area contributed by atoms with Crippen molar-refractivity contribution in [2.45, 2.75) is 38.3 Å². The molecule has 18 heavy (non-hydrogen) atoms. The fourth-order valence-electron chi connectivity index (χ4n) is 2.43. The smallest absolute Gasteiger partial charge is 0.236 e. The Labute approximate surface area is 113 Å². The average Bonchev–Trinajstić information content (AvgIpc) is 3.01. The third kappa shape index (κ3) is 3.53. The highest BCUT2D eigenvalue weighted by Crippen LogP contribution is 2.22. The van der Waals surface area contributed by atoms with Crippen LogP contribution in [0.25, 0.3) is 0 Å². The van der Waals surface area contributed by atoms with Crippen molar-refractivity contribution in [3.63, 3.8) is 0 Å². The molecular weight excluding hydrogens is 246 g/mol. The van der Waals surface area contributed by atoms with Crippen molar-refractivity contribution < 1.29 is 4.79 Å². The molecule has 1 heterocycles. The second-order valence-corrected chi connectivity index (χ2v) is 6.01. The molecule has 0 N–H and O–H groups in total. The quantitative estimate of drug-likeness (QED) is 0.818. The lowest BCUT2D eigenvalue weighted by atomic mass is 10.2. The van der Waals surface area contributed by atoms with Crippen LogP contribution in [0.3, 0.4) is 0 Å². The summed E-state index contributed by atoms with van der Waals surface area (Å²) in [6.45, 7) is 1.14. The number of aromatic nitrogens is 1. The molecule has 1 aromatic rings. The van der Waals surface area contributed by atoms with Gasteiger partial charge in [-0.05, 0) is 19.9 Å². The van der Waals surface area contributed by atoms with Gasteiger partial charge in [0.05, 0.1) is 13.1 Å². The molecule has 1 saturated carbocycles. The molecule has 0 aliphatic heterocycles. The van der Waals surface area contributed by atoms with Crippen LogP contribution < -0.4 is 0 Å². The lowest BCUT2D eigenvalue weighted by molar-refractivity contribution is -0.131. The summed E-state index contributed by atoms with van der Waals surface area (Å²) in [5, 5.41) is 2.94. The minimum atomic E-state index is 0.180. The maximum atomic E-state index is 12.1. The number of thiazole rings is 1. The number of hydrogen-bond donors (Lipinski definition) is 0. The van der Waals surface area contributed by atoms with E-state index in [0.29, 0.717) is 19.1 Å². The molecule has 0 aromatic carbocycles. The first kappa shape index (κ1) is 13.5. The van der Waals surface area contributed by atoms with Gasteiger partial charge >= 0.3 is 0 Å². The zero-order chi connectivity index (χ0) is 13.0. The van der Waals surface area contributed by atoms with E-state index in [1.165, 1.54) is 25.7 Å². The molecule has 5 heteroatoms. The van der Waals surface area contributed by atoms with Crippen LogP contribution >= 0.6 is 11.3 Å². The third-order valence-electron chi connectivity index (χ3n) is 3.61. The second kappa shape index (κ2) is 6.29. The van der Waals surface area contributed by atoms with Gasteiger partial charge in [0.25, 0.3) is 0 Å². The van der Waals surface area contributed by atoms with Gasteiger partial charge in [-0.25, -0.2) is 4.98 Å². The van der Waals surface area contributed by atoms with E-state index in [-0.39, 0.29) is 5.91 Å². The van der Waals surface area contributed by atoms with Crippen LogP contribution in [0.4, 0.5) is 0 Å². The summed E-state index contributed by atoms with van der Waals surface area (Å²) in [6, 6.07) is 0.599. The van der Waals surface area contributed by atoms with Gasteiger partial charge in [-0.3, -0.25) is 9.69 Å². The molecule has 100 valence electrons. The SMILES string of the molecule is CN(Cc1nccs1)C(=O)CN(C)C1CCCC1. The first-order valence-electron chi connectivity index (χ1n) is 6.49. The highest BCUT2D eigenvalue weighted by atomic mass is 32.1. The first-order valence-corrected chi connectivity index (χ1v) is 7.37. The third-order valence-corrected chi connectivity index (χ3v) is 4.38. The molecule has 0 saturated heterocycles. The van der Waals surface area contributed by atoms with E-state index < -0.39 is 0 Å². The Bertz CT molecular complexity index is 374. The number of rotatable bonds is 5. The molecule has 0 atom stereocenters. The number of carbonyl (C=O) groups excluding carboxylic acids is 1. The van der Waals surface area contributed by atoms with Crippen LogP contribution in [0.1, 0.15) is 30.7 Å². The van der Waals surface area contributed by atoms with Crippen molar-refractivity contribution in [1.29, 1.82) is 0 Å².